The van der Waals surface area contributed by atoms with Crippen molar-refractivity contribution in [1.82, 2.24) is 4.98 Å². The van der Waals surface area contributed by atoms with Crippen molar-refractivity contribution in [2.24, 2.45) is 10.9 Å². The molecule has 0 N–H and O–H groups in total. The predicted octanol–water partition coefficient (Wildman–Crippen LogP) is 10.1. The fourth-order valence-electron chi connectivity index (χ4n) is 2.86. The van der Waals surface area contributed by atoms with E-state index in [-0.39, 0.29) is 11.6 Å². The highest BCUT2D eigenvalue weighted by Gasteiger charge is 2.12. The van der Waals surface area contributed by atoms with Crippen molar-refractivity contribution in [2.45, 2.75) is 140 Å². The van der Waals surface area contributed by atoms with Crippen LogP contribution in [-0.2, 0) is 9.53 Å². The van der Waals surface area contributed by atoms with Crippen LogP contribution >= 0.6 is 0 Å². The lowest BCUT2D eigenvalue weighted by atomic mass is 10.0. The third-order valence-electron chi connectivity index (χ3n) is 5.28. The van der Waals surface area contributed by atoms with Gasteiger partial charge in [-0.05, 0) is 52.0 Å². The van der Waals surface area contributed by atoms with Gasteiger partial charge in [0.25, 0.3) is 0 Å². The van der Waals surface area contributed by atoms with Crippen molar-refractivity contribution < 1.29 is 14.3 Å². The Kier molecular flexibility index (Phi) is 26.8. The summed E-state index contributed by atoms with van der Waals surface area (Å²) in [5, 5.41) is 9.11. The molecule has 1 unspecified atom stereocenters. The van der Waals surface area contributed by atoms with Crippen molar-refractivity contribution in [3.05, 3.63) is 29.6 Å². The molecule has 0 saturated carbocycles. The van der Waals surface area contributed by atoms with E-state index in [9.17, 15) is 4.79 Å². The summed E-state index contributed by atoms with van der Waals surface area (Å²) in [4.78, 5) is 18.8. The van der Waals surface area contributed by atoms with E-state index in [1.807, 2.05) is 54.7 Å². The lowest BCUT2D eigenvalue weighted by molar-refractivity contribution is -0.151. The average Bonchev–Trinajstić information content (AvgIpc) is 2.88. The number of hydrogen-bond donors (Lipinski definition) is 0. The van der Waals surface area contributed by atoms with Crippen LogP contribution in [0.25, 0.3) is 0 Å². The summed E-state index contributed by atoms with van der Waals surface area (Å²) >= 11 is 0. The smallest absolute Gasteiger partial charge is 0.303 e. The van der Waals surface area contributed by atoms with Crippen LogP contribution in [0.5, 0.6) is 5.75 Å². The number of ether oxygens (including phenoxy) is 2. The Morgan fingerprint density at radius 2 is 1.79 bits per heavy atom. The minimum absolute atomic E-state index is 0.225. The Balaban J connectivity index is -0.000000566. The second kappa shape index (κ2) is 25.6. The molecule has 0 bridgehead atoms. The van der Waals surface area contributed by atoms with E-state index in [4.69, 9.17) is 14.7 Å². The second-order valence-electron chi connectivity index (χ2n) is 10.3. The molecule has 6 heteroatoms. The number of hydrogen-bond acceptors (Lipinski definition) is 6. The van der Waals surface area contributed by atoms with Gasteiger partial charge in [-0.1, -0.05) is 93.6 Å². The van der Waals surface area contributed by atoms with Gasteiger partial charge in [-0.3, -0.25) is 9.79 Å². The van der Waals surface area contributed by atoms with E-state index in [1.54, 1.807) is 6.07 Å². The quantitative estimate of drug-likeness (QED) is 0.113. The predicted molar refractivity (Wildman–Crippen MR) is 168 cm³/mol. The number of rotatable bonds is 12. The lowest BCUT2D eigenvalue weighted by Gasteiger charge is -2.17. The summed E-state index contributed by atoms with van der Waals surface area (Å²) < 4.78 is 10.5. The molecule has 6 nitrogen and oxygen atoms in total. The Morgan fingerprint density at radius 3 is 2.21 bits per heavy atom. The van der Waals surface area contributed by atoms with Crippen LogP contribution in [0.1, 0.15) is 139 Å². The summed E-state index contributed by atoms with van der Waals surface area (Å²) in [6, 6.07) is 3.84. The number of esters is 1. The molecule has 0 aliphatic rings. The molecule has 1 aromatic rings. The van der Waals surface area contributed by atoms with Gasteiger partial charge in [0, 0.05) is 19.2 Å². The van der Waals surface area contributed by atoms with Gasteiger partial charge in [0.2, 0.25) is 0 Å². The number of pyridine rings is 1. The monoisotopic (exact) mass is 545 g/mol. The number of carbonyl (C=O) groups is 1. The number of aryl methyl sites for hydroxylation is 1. The molecule has 0 aromatic carbocycles. The molecule has 1 heterocycles. The lowest BCUT2D eigenvalue weighted by Crippen LogP contribution is -2.21. The molecule has 1 rings (SSSR count). The molecule has 39 heavy (non-hydrogen) atoms. The minimum atomic E-state index is -0.328. The normalized spacial score (nSPS) is 10.9. The van der Waals surface area contributed by atoms with E-state index < -0.39 is 0 Å². The molecule has 0 amide bonds. The van der Waals surface area contributed by atoms with Crippen LogP contribution in [-0.4, -0.2) is 29.4 Å². The van der Waals surface area contributed by atoms with Gasteiger partial charge in [-0.15, -0.1) is 0 Å². The average molecular weight is 546 g/mol. The fraction of sp³-hybridized carbons (Fsp3) is 0.697. The van der Waals surface area contributed by atoms with Gasteiger partial charge in [0.05, 0.1) is 5.69 Å². The Labute approximate surface area is 241 Å². The standard InChI is InChI=1S/C16H21N3O.C9H20.C6H12O2.C2H6/c1-5-7-8-18-14-9-16(20-11-12(3)6-2)13(4)19-15(14)10-17;1-4-6-7-8-9(3)5-2;1-5(7)8-6(2,3)4;1-2/h8-9H,3,5-7,11H2,1-2,4H3;9H,4-8H2,1-3H3;1-4H3;1-2H3. The summed E-state index contributed by atoms with van der Waals surface area (Å²) in [5.41, 5.74) is 2.27. The molecule has 0 saturated heterocycles. The first-order valence-corrected chi connectivity index (χ1v) is 14.8. The zero-order chi connectivity index (χ0) is 30.9. The van der Waals surface area contributed by atoms with Crippen molar-refractivity contribution in [2.75, 3.05) is 6.61 Å². The van der Waals surface area contributed by atoms with Gasteiger partial charge in [0.15, 0.2) is 5.69 Å². The van der Waals surface area contributed by atoms with E-state index in [1.165, 1.54) is 39.0 Å². The van der Waals surface area contributed by atoms with Crippen LogP contribution < -0.4 is 4.74 Å². The van der Waals surface area contributed by atoms with Crippen molar-refractivity contribution >= 4 is 17.9 Å². The second-order valence-corrected chi connectivity index (χ2v) is 10.3. The third-order valence-corrected chi connectivity index (χ3v) is 5.28. The molecule has 1 aromatic heterocycles. The number of nitrogens with zero attached hydrogens (tertiary/aromatic N) is 3. The van der Waals surface area contributed by atoms with Crippen LogP contribution in [0, 0.1) is 24.2 Å². The highest BCUT2D eigenvalue weighted by atomic mass is 16.6. The topological polar surface area (TPSA) is 84.6 Å². The zero-order valence-electron chi connectivity index (χ0n) is 27.4. The molecule has 0 aliphatic heterocycles. The molecule has 0 fully saturated rings. The van der Waals surface area contributed by atoms with Crippen molar-refractivity contribution in [3.63, 3.8) is 0 Å². The van der Waals surface area contributed by atoms with Crippen LogP contribution in [0.15, 0.2) is 23.2 Å². The number of nitriles is 1. The maximum absolute atomic E-state index is 10.2. The maximum atomic E-state index is 10.2. The Morgan fingerprint density at radius 1 is 1.18 bits per heavy atom. The van der Waals surface area contributed by atoms with Crippen molar-refractivity contribution in [3.8, 4) is 11.8 Å². The first kappa shape index (κ1) is 40.8. The van der Waals surface area contributed by atoms with Crippen LogP contribution in [0.4, 0.5) is 5.69 Å². The molecule has 0 spiro atoms. The summed E-state index contributed by atoms with van der Waals surface area (Å²) in [6.07, 6.45) is 11.6. The van der Waals surface area contributed by atoms with Gasteiger partial charge < -0.3 is 9.47 Å². The maximum Gasteiger partial charge on any atom is 0.303 e. The SMILES string of the molecule is C=C(CC)COc1cc(N=CCCC)c(C#N)nc1C.CC.CC(=O)OC(C)(C)C.CCCCCC(C)CC. The van der Waals surface area contributed by atoms with Gasteiger partial charge >= 0.3 is 5.97 Å². The fourth-order valence-corrected chi connectivity index (χ4v) is 2.86. The first-order valence-electron chi connectivity index (χ1n) is 14.8. The third kappa shape index (κ3) is 25.4. The number of unbranched alkanes of at least 4 members (excludes halogenated alkanes) is 3. The summed E-state index contributed by atoms with van der Waals surface area (Å²) in [5.74, 6) is 1.39. The Hall–Kier alpha value is -2.68. The van der Waals surface area contributed by atoms with E-state index >= 15 is 0 Å². The molecular weight excluding hydrogens is 486 g/mol. The molecule has 1 atom stereocenters. The van der Waals surface area contributed by atoms with Gasteiger partial charge in [0.1, 0.15) is 29.7 Å². The molecular formula is C33H59N3O3. The minimum Gasteiger partial charge on any atom is -0.487 e. The van der Waals surface area contributed by atoms with Gasteiger partial charge in [-0.25, -0.2) is 4.98 Å². The summed E-state index contributed by atoms with van der Waals surface area (Å²) in [6.45, 7) is 28.1. The summed E-state index contributed by atoms with van der Waals surface area (Å²) in [7, 11) is 0. The van der Waals surface area contributed by atoms with Crippen LogP contribution in [0.3, 0.4) is 0 Å². The Bertz CT molecular complexity index is 849. The van der Waals surface area contributed by atoms with E-state index in [0.29, 0.717) is 29.4 Å². The zero-order valence-corrected chi connectivity index (χ0v) is 27.4. The van der Waals surface area contributed by atoms with E-state index in [0.717, 1.165) is 30.8 Å². The number of aliphatic imine (C=N–C) groups is 1. The molecule has 0 radical (unpaired) electrons. The highest BCUT2D eigenvalue weighted by Crippen LogP contribution is 2.26. The van der Waals surface area contributed by atoms with Crippen molar-refractivity contribution in [1.29, 1.82) is 5.26 Å². The van der Waals surface area contributed by atoms with Gasteiger partial charge in [-0.2, -0.15) is 5.26 Å². The first-order chi connectivity index (χ1) is 18.3. The van der Waals surface area contributed by atoms with Crippen LogP contribution in [0.2, 0.25) is 0 Å². The highest BCUT2D eigenvalue weighted by molar-refractivity contribution is 5.67. The molecule has 0 aliphatic carbocycles. The van der Waals surface area contributed by atoms with E-state index in [2.05, 4.69) is 50.3 Å². The number of carbonyl (C=O) groups excluding carboxylic acids is 1. The molecule has 224 valence electrons. The largest absolute Gasteiger partial charge is 0.487 e. The number of aromatic nitrogens is 1.